The lowest BCUT2D eigenvalue weighted by Crippen LogP contribution is -2.45. The van der Waals surface area contributed by atoms with Gasteiger partial charge in [-0.1, -0.05) is 12.8 Å². The van der Waals surface area contributed by atoms with Crippen LogP contribution in [0.1, 0.15) is 31.4 Å². The van der Waals surface area contributed by atoms with Gasteiger partial charge in [0, 0.05) is 23.5 Å². The van der Waals surface area contributed by atoms with E-state index in [0.717, 1.165) is 22.1 Å². The number of fused-ring (bicyclic) bond motifs is 1. The number of nitrogens with zero attached hydrogens (tertiary/aromatic N) is 3. The van der Waals surface area contributed by atoms with Gasteiger partial charge >= 0.3 is 0 Å². The number of hydrogen-bond donors (Lipinski definition) is 1. The highest BCUT2D eigenvalue weighted by Crippen LogP contribution is 2.33. The zero-order chi connectivity index (χ0) is 15.7. The molecule has 3 rings (SSSR count). The topological polar surface area (TPSA) is 65.1 Å². The summed E-state index contributed by atoms with van der Waals surface area (Å²) >= 11 is 3.60. The molecule has 5 nitrogen and oxygen atoms in total. The third kappa shape index (κ3) is 2.83. The van der Waals surface area contributed by atoms with E-state index in [-0.39, 0.29) is 0 Å². The SMILES string of the molecule is CN(C)[C@@H]1CCCC[C@@H]1Nc1ncc2oc(C#N)cc2c1Br. The fraction of sp³-hybridized carbons (Fsp3) is 0.500. The zero-order valence-electron chi connectivity index (χ0n) is 12.8. The second-order valence-electron chi connectivity index (χ2n) is 5.99. The Morgan fingerprint density at radius 2 is 2.18 bits per heavy atom. The molecule has 2 aromatic rings. The average molecular weight is 363 g/mol. The van der Waals surface area contributed by atoms with Crippen molar-refractivity contribution in [1.82, 2.24) is 9.88 Å². The maximum absolute atomic E-state index is 8.96. The Bertz CT molecular complexity index is 719. The Morgan fingerprint density at radius 1 is 1.41 bits per heavy atom. The molecule has 1 aliphatic rings. The molecular weight excluding hydrogens is 344 g/mol. The largest absolute Gasteiger partial charge is 0.444 e. The molecule has 0 aromatic carbocycles. The van der Waals surface area contributed by atoms with Gasteiger partial charge in [-0.3, -0.25) is 0 Å². The predicted molar refractivity (Wildman–Crippen MR) is 89.8 cm³/mol. The summed E-state index contributed by atoms with van der Waals surface area (Å²) in [6, 6.07) is 4.66. The normalized spacial score (nSPS) is 22.0. The molecule has 0 radical (unpaired) electrons. The first-order chi connectivity index (χ1) is 10.6. The monoisotopic (exact) mass is 362 g/mol. The third-order valence-electron chi connectivity index (χ3n) is 4.34. The highest BCUT2D eigenvalue weighted by Gasteiger charge is 2.27. The van der Waals surface area contributed by atoms with Crippen LogP contribution in [0.15, 0.2) is 21.2 Å². The molecule has 116 valence electrons. The molecule has 0 unspecified atom stereocenters. The number of rotatable bonds is 3. The number of nitriles is 1. The summed E-state index contributed by atoms with van der Waals surface area (Å²) in [4.78, 5) is 6.75. The molecule has 0 aliphatic heterocycles. The fourth-order valence-corrected chi connectivity index (χ4v) is 3.74. The summed E-state index contributed by atoms with van der Waals surface area (Å²) in [5.41, 5.74) is 0.627. The maximum Gasteiger partial charge on any atom is 0.204 e. The molecule has 1 aliphatic carbocycles. The Morgan fingerprint density at radius 3 is 2.91 bits per heavy atom. The van der Waals surface area contributed by atoms with E-state index < -0.39 is 0 Å². The minimum absolute atomic E-state index is 0.304. The number of likely N-dealkylation sites (N-methyl/N-ethyl adjacent to an activating group) is 1. The lowest BCUT2D eigenvalue weighted by atomic mass is 9.89. The Balaban J connectivity index is 1.90. The van der Waals surface area contributed by atoms with Crippen LogP contribution >= 0.6 is 15.9 Å². The molecular formula is C16H19BrN4O. The number of anilines is 1. The van der Waals surface area contributed by atoms with Gasteiger partial charge in [0.05, 0.1) is 10.7 Å². The number of furan rings is 1. The molecule has 0 bridgehead atoms. The molecule has 22 heavy (non-hydrogen) atoms. The van der Waals surface area contributed by atoms with Crippen LogP contribution in [-0.4, -0.2) is 36.1 Å². The van der Waals surface area contributed by atoms with E-state index in [0.29, 0.717) is 23.4 Å². The van der Waals surface area contributed by atoms with Crippen molar-refractivity contribution >= 4 is 32.7 Å². The van der Waals surface area contributed by atoms with E-state index in [2.05, 4.69) is 45.2 Å². The van der Waals surface area contributed by atoms with Gasteiger partial charge in [0.2, 0.25) is 5.76 Å². The second kappa shape index (κ2) is 6.27. The van der Waals surface area contributed by atoms with Crippen molar-refractivity contribution in [2.75, 3.05) is 19.4 Å². The summed E-state index contributed by atoms with van der Waals surface area (Å²) in [7, 11) is 4.26. The van der Waals surface area contributed by atoms with E-state index >= 15 is 0 Å². The first-order valence-corrected chi connectivity index (χ1v) is 8.30. The van der Waals surface area contributed by atoms with E-state index in [9.17, 15) is 0 Å². The van der Waals surface area contributed by atoms with Crippen molar-refractivity contribution in [3.05, 3.63) is 22.5 Å². The Kier molecular flexibility index (Phi) is 4.37. The Hall–Kier alpha value is -1.58. The van der Waals surface area contributed by atoms with Gasteiger partial charge in [-0.2, -0.15) is 5.26 Å². The van der Waals surface area contributed by atoms with Gasteiger partial charge in [-0.15, -0.1) is 0 Å². The summed E-state index contributed by atoms with van der Waals surface area (Å²) in [5, 5.41) is 13.4. The second-order valence-corrected chi connectivity index (χ2v) is 6.78. The molecule has 0 spiro atoms. The van der Waals surface area contributed by atoms with Crippen LogP contribution in [0.25, 0.3) is 11.0 Å². The maximum atomic E-state index is 8.96. The predicted octanol–water partition coefficient (Wildman–Crippen LogP) is 3.75. The quantitative estimate of drug-likeness (QED) is 0.900. The molecule has 2 atom stereocenters. The van der Waals surface area contributed by atoms with E-state index in [1.54, 1.807) is 12.3 Å². The van der Waals surface area contributed by atoms with Crippen LogP contribution in [0.2, 0.25) is 0 Å². The standard InChI is InChI=1S/C16H19BrN4O/c1-21(2)13-6-4-3-5-12(13)20-16-15(17)11-7-10(8-18)22-14(11)9-19-16/h7,9,12-13H,3-6H2,1-2H3,(H,19,20)/t12-,13+/m0/s1. The van der Waals surface area contributed by atoms with Crippen molar-refractivity contribution in [3.8, 4) is 6.07 Å². The molecule has 6 heteroatoms. The number of halogens is 1. The van der Waals surface area contributed by atoms with E-state index in [4.69, 9.17) is 9.68 Å². The van der Waals surface area contributed by atoms with Crippen molar-refractivity contribution in [2.45, 2.75) is 37.8 Å². The van der Waals surface area contributed by atoms with Crippen LogP contribution in [0.3, 0.4) is 0 Å². The fourth-order valence-electron chi connectivity index (χ4n) is 3.21. The van der Waals surface area contributed by atoms with Crippen molar-refractivity contribution in [2.24, 2.45) is 0 Å². The van der Waals surface area contributed by atoms with Gasteiger partial charge in [0.15, 0.2) is 5.58 Å². The van der Waals surface area contributed by atoms with Crippen LogP contribution < -0.4 is 5.32 Å². The van der Waals surface area contributed by atoms with Gasteiger partial charge < -0.3 is 14.6 Å². The number of aromatic nitrogens is 1. The summed E-state index contributed by atoms with van der Waals surface area (Å²) in [6.07, 6.45) is 6.55. The molecule has 2 aromatic heterocycles. The number of nitrogens with one attached hydrogen (secondary N) is 1. The highest BCUT2D eigenvalue weighted by atomic mass is 79.9. The third-order valence-corrected chi connectivity index (χ3v) is 5.14. The zero-order valence-corrected chi connectivity index (χ0v) is 14.4. The van der Waals surface area contributed by atoms with Gasteiger partial charge in [0.1, 0.15) is 11.9 Å². The van der Waals surface area contributed by atoms with Gasteiger partial charge in [-0.05, 0) is 42.9 Å². The highest BCUT2D eigenvalue weighted by molar-refractivity contribution is 9.10. The lowest BCUT2D eigenvalue weighted by molar-refractivity contribution is 0.211. The van der Waals surface area contributed by atoms with Crippen molar-refractivity contribution in [1.29, 1.82) is 5.26 Å². The summed E-state index contributed by atoms with van der Waals surface area (Å²) in [6.45, 7) is 0. The van der Waals surface area contributed by atoms with Crippen molar-refractivity contribution < 1.29 is 4.42 Å². The van der Waals surface area contributed by atoms with Crippen LogP contribution in [0, 0.1) is 11.3 Å². The minimum Gasteiger partial charge on any atom is -0.444 e. The molecule has 0 amide bonds. The van der Waals surface area contributed by atoms with Gasteiger partial charge in [0.25, 0.3) is 0 Å². The first kappa shape index (κ1) is 15.3. The van der Waals surface area contributed by atoms with Crippen LogP contribution in [-0.2, 0) is 0 Å². The first-order valence-electron chi connectivity index (χ1n) is 7.51. The van der Waals surface area contributed by atoms with Crippen molar-refractivity contribution in [3.63, 3.8) is 0 Å². The number of pyridine rings is 1. The Labute approximate surface area is 138 Å². The summed E-state index contributed by atoms with van der Waals surface area (Å²) in [5.74, 6) is 1.12. The average Bonchev–Trinajstić information content (AvgIpc) is 2.94. The minimum atomic E-state index is 0.304. The molecule has 1 fully saturated rings. The molecule has 1 N–H and O–H groups in total. The number of hydrogen-bond acceptors (Lipinski definition) is 5. The lowest BCUT2D eigenvalue weighted by Gasteiger charge is -2.37. The van der Waals surface area contributed by atoms with Gasteiger partial charge in [-0.25, -0.2) is 4.98 Å². The van der Waals surface area contributed by atoms with Crippen LogP contribution in [0.5, 0.6) is 0 Å². The molecule has 1 saturated carbocycles. The summed E-state index contributed by atoms with van der Waals surface area (Å²) < 4.78 is 6.27. The molecule has 2 heterocycles. The smallest absolute Gasteiger partial charge is 0.204 e. The molecule has 0 saturated heterocycles. The van der Waals surface area contributed by atoms with E-state index in [1.807, 2.05) is 6.07 Å². The van der Waals surface area contributed by atoms with Crippen LogP contribution in [0.4, 0.5) is 5.82 Å². The van der Waals surface area contributed by atoms with E-state index in [1.165, 1.54) is 19.3 Å².